The molecule has 1 aliphatic rings. The van der Waals surface area contributed by atoms with Gasteiger partial charge in [0.2, 0.25) is 5.91 Å². The second-order valence-electron chi connectivity index (χ2n) is 6.54. The summed E-state index contributed by atoms with van der Waals surface area (Å²) >= 11 is 0. The van der Waals surface area contributed by atoms with Gasteiger partial charge in [0, 0.05) is 5.92 Å². The highest BCUT2D eigenvalue weighted by Gasteiger charge is 2.46. The number of para-hydroxylation sites is 1. The predicted molar refractivity (Wildman–Crippen MR) is 92.0 cm³/mol. The molecular formula is C20H20FNO4. The Bertz CT molecular complexity index is 768. The van der Waals surface area contributed by atoms with Crippen LogP contribution in [0.1, 0.15) is 31.2 Å². The van der Waals surface area contributed by atoms with Crippen LogP contribution in [0.2, 0.25) is 0 Å². The van der Waals surface area contributed by atoms with E-state index in [0.29, 0.717) is 37.0 Å². The lowest BCUT2D eigenvalue weighted by Gasteiger charge is -2.37. The molecule has 0 aromatic heterocycles. The smallest absolute Gasteiger partial charge is 0.321 e. The van der Waals surface area contributed by atoms with Crippen molar-refractivity contribution >= 4 is 11.9 Å². The summed E-state index contributed by atoms with van der Waals surface area (Å²) in [6.07, 6.45) is 1.60. The van der Waals surface area contributed by atoms with E-state index in [2.05, 4.69) is 0 Å². The van der Waals surface area contributed by atoms with Crippen molar-refractivity contribution in [3.63, 3.8) is 0 Å². The van der Waals surface area contributed by atoms with Gasteiger partial charge in [-0.2, -0.15) is 0 Å². The third-order valence-corrected chi connectivity index (χ3v) is 5.06. The first-order chi connectivity index (χ1) is 12.5. The van der Waals surface area contributed by atoms with Crippen LogP contribution >= 0.6 is 0 Å². The van der Waals surface area contributed by atoms with E-state index in [9.17, 15) is 14.0 Å². The van der Waals surface area contributed by atoms with Gasteiger partial charge in [0.1, 0.15) is 11.6 Å². The third-order valence-electron chi connectivity index (χ3n) is 5.06. The molecule has 6 heteroatoms. The second kappa shape index (κ2) is 7.66. The Balaban J connectivity index is 1.88. The third kappa shape index (κ3) is 3.60. The number of hydrogen-bond acceptors (Lipinski definition) is 4. The summed E-state index contributed by atoms with van der Waals surface area (Å²) in [6.45, 7) is 0. The van der Waals surface area contributed by atoms with Crippen LogP contribution in [-0.2, 0) is 15.0 Å². The summed E-state index contributed by atoms with van der Waals surface area (Å²) in [5.74, 6) is -1.17. The zero-order chi connectivity index (χ0) is 18.6. The first-order valence-electron chi connectivity index (χ1n) is 8.52. The number of halogens is 1. The highest BCUT2D eigenvalue weighted by molar-refractivity contribution is 5.86. The second-order valence-corrected chi connectivity index (χ2v) is 6.54. The molecule has 0 atom stereocenters. The maximum atomic E-state index is 13.3. The Kier molecular flexibility index (Phi) is 5.32. The van der Waals surface area contributed by atoms with Crippen molar-refractivity contribution in [2.75, 3.05) is 0 Å². The number of esters is 1. The van der Waals surface area contributed by atoms with Gasteiger partial charge in [0.15, 0.2) is 0 Å². The van der Waals surface area contributed by atoms with E-state index in [1.807, 2.05) is 6.07 Å². The molecule has 1 saturated carbocycles. The Hall–Kier alpha value is -2.73. The normalized spacial score (nSPS) is 22.5. The fourth-order valence-corrected chi connectivity index (χ4v) is 3.54. The van der Waals surface area contributed by atoms with Gasteiger partial charge in [0.25, 0.3) is 0 Å². The summed E-state index contributed by atoms with van der Waals surface area (Å²) in [7, 11) is 0. The van der Waals surface area contributed by atoms with E-state index in [1.54, 1.807) is 41.9 Å². The Labute approximate surface area is 150 Å². The number of nitrogens with one attached hydrogen (secondary N) is 1. The average molecular weight is 357 g/mol. The minimum absolute atomic E-state index is 0.363. The van der Waals surface area contributed by atoms with Gasteiger partial charge in [-0.25, -0.2) is 9.87 Å². The first kappa shape index (κ1) is 18.1. The van der Waals surface area contributed by atoms with Gasteiger partial charge >= 0.3 is 5.97 Å². The molecule has 3 rings (SSSR count). The molecule has 0 spiro atoms. The highest BCUT2D eigenvalue weighted by Crippen LogP contribution is 2.43. The van der Waals surface area contributed by atoms with E-state index >= 15 is 0 Å². The first-order valence-corrected chi connectivity index (χ1v) is 8.52. The molecule has 0 saturated heterocycles. The summed E-state index contributed by atoms with van der Waals surface area (Å²) in [5, 5.41) is 8.84. The molecule has 136 valence electrons. The lowest BCUT2D eigenvalue weighted by molar-refractivity contribution is -0.145. The topological polar surface area (TPSA) is 75.6 Å². The molecule has 26 heavy (non-hydrogen) atoms. The summed E-state index contributed by atoms with van der Waals surface area (Å²) in [5.41, 5.74) is 1.39. The quantitative estimate of drug-likeness (QED) is 0.381. The number of carbonyl (C=O) groups is 2. The zero-order valence-electron chi connectivity index (χ0n) is 14.2. The van der Waals surface area contributed by atoms with Crippen LogP contribution in [0.25, 0.3) is 0 Å². The molecule has 2 aromatic rings. The van der Waals surface area contributed by atoms with Crippen molar-refractivity contribution in [3.8, 4) is 5.75 Å². The van der Waals surface area contributed by atoms with Crippen LogP contribution in [0.4, 0.5) is 4.39 Å². The molecule has 0 heterocycles. The van der Waals surface area contributed by atoms with Gasteiger partial charge in [0.05, 0.1) is 5.41 Å². The molecule has 1 amide bonds. The van der Waals surface area contributed by atoms with E-state index in [1.165, 1.54) is 12.1 Å². The number of benzene rings is 2. The fourth-order valence-electron chi connectivity index (χ4n) is 3.54. The fraction of sp³-hybridized carbons (Fsp3) is 0.300. The monoisotopic (exact) mass is 357 g/mol. The molecule has 0 unspecified atom stereocenters. The number of carbonyl (C=O) groups excluding carboxylic acids is 2. The lowest BCUT2D eigenvalue weighted by atomic mass is 9.66. The Morgan fingerprint density at radius 1 is 1.04 bits per heavy atom. The maximum absolute atomic E-state index is 13.3. The van der Waals surface area contributed by atoms with Crippen LogP contribution < -0.4 is 10.2 Å². The largest absolute Gasteiger partial charge is 0.426 e. The average Bonchev–Trinajstić information content (AvgIpc) is 2.68. The van der Waals surface area contributed by atoms with Crippen molar-refractivity contribution < 1.29 is 23.9 Å². The minimum atomic E-state index is -0.949. The standard InChI is InChI=1S/C20H20FNO4/c21-16-8-6-15(7-9-16)20(12-10-14(11-13-20)18(23)22-25)19(24)26-17-4-2-1-3-5-17/h1-9,14,25H,10-13H2,(H,22,23). The molecule has 1 aliphatic carbocycles. The number of rotatable bonds is 4. The van der Waals surface area contributed by atoms with Crippen LogP contribution in [-0.4, -0.2) is 17.1 Å². The SMILES string of the molecule is O=C(NO)C1CCC(C(=O)Oc2ccccc2)(c2ccc(F)cc2)CC1. The summed E-state index contributed by atoms with van der Waals surface area (Å²) in [4.78, 5) is 24.7. The number of hydroxylamine groups is 1. The molecule has 0 aliphatic heterocycles. The minimum Gasteiger partial charge on any atom is -0.426 e. The van der Waals surface area contributed by atoms with Gasteiger partial charge in [-0.05, 0) is 55.5 Å². The number of amides is 1. The molecule has 5 nitrogen and oxygen atoms in total. The number of ether oxygens (including phenoxy) is 1. The highest BCUT2D eigenvalue weighted by atomic mass is 19.1. The summed E-state index contributed by atoms with van der Waals surface area (Å²) < 4.78 is 18.9. The van der Waals surface area contributed by atoms with E-state index < -0.39 is 17.3 Å². The molecular weight excluding hydrogens is 337 g/mol. The zero-order valence-corrected chi connectivity index (χ0v) is 14.2. The summed E-state index contributed by atoms with van der Waals surface area (Å²) in [6, 6.07) is 14.6. The van der Waals surface area contributed by atoms with Gasteiger partial charge < -0.3 is 4.74 Å². The van der Waals surface area contributed by atoms with Crippen molar-refractivity contribution in [1.82, 2.24) is 5.48 Å². The Morgan fingerprint density at radius 3 is 2.23 bits per heavy atom. The number of hydrogen-bond donors (Lipinski definition) is 2. The van der Waals surface area contributed by atoms with E-state index in [-0.39, 0.29) is 11.7 Å². The van der Waals surface area contributed by atoms with E-state index in [4.69, 9.17) is 9.94 Å². The van der Waals surface area contributed by atoms with Crippen LogP contribution in [0, 0.1) is 11.7 Å². The van der Waals surface area contributed by atoms with E-state index in [0.717, 1.165) is 0 Å². The van der Waals surface area contributed by atoms with Crippen molar-refractivity contribution in [1.29, 1.82) is 0 Å². The van der Waals surface area contributed by atoms with Gasteiger partial charge in [-0.15, -0.1) is 0 Å². The predicted octanol–water partition coefficient (Wildman–Crippen LogP) is 3.36. The van der Waals surface area contributed by atoms with Crippen LogP contribution in [0.5, 0.6) is 5.75 Å². The molecule has 0 radical (unpaired) electrons. The maximum Gasteiger partial charge on any atom is 0.321 e. The molecule has 0 bridgehead atoms. The molecule has 2 aromatic carbocycles. The Morgan fingerprint density at radius 2 is 1.65 bits per heavy atom. The van der Waals surface area contributed by atoms with Crippen LogP contribution in [0.15, 0.2) is 54.6 Å². The van der Waals surface area contributed by atoms with Crippen molar-refractivity contribution in [2.45, 2.75) is 31.1 Å². The van der Waals surface area contributed by atoms with Crippen LogP contribution in [0.3, 0.4) is 0 Å². The van der Waals surface area contributed by atoms with Gasteiger partial charge in [-0.1, -0.05) is 30.3 Å². The lowest BCUT2D eigenvalue weighted by Crippen LogP contribution is -2.44. The van der Waals surface area contributed by atoms with Gasteiger partial charge in [-0.3, -0.25) is 14.8 Å². The van der Waals surface area contributed by atoms with Crippen molar-refractivity contribution in [2.24, 2.45) is 5.92 Å². The molecule has 1 fully saturated rings. The van der Waals surface area contributed by atoms with Crippen molar-refractivity contribution in [3.05, 3.63) is 66.0 Å². The molecule has 2 N–H and O–H groups in total.